The largest absolute Gasteiger partial charge is 0.342 e. The van der Waals surface area contributed by atoms with Crippen molar-refractivity contribution in [2.75, 3.05) is 19.1 Å². The molecular formula is C11H18FNO2S. The van der Waals surface area contributed by atoms with Gasteiger partial charge in [-0.2, -0.15) is 0 Å². The molecule has 0 aromatic rings. The Kier molecular flexibility index (Phi) is 5.25. The zero-order chi connectivity index (χ0) is 12.1. The third-order valence-corrected chi connectivity index (χ3v) is 3.56. The highest BCUT2D eigenvalue weighted by Gasteiger charge is 2.28. The van der Waals surface area contributed by atoms with Crippen LogP contribution in [0.1, 0.15) is 26.7 Å². The molecule has 1 aliphatic heterocycles. The van der Waals surface area contributed by atoms with Gasteiger partial charge < -0.3 is 4.90 Å². The minimum atomic E-state index is -0.649. The minimum absolute atomic E-state index is 0.00692. The summed E-state index contributed by atoms with van der Waals surface area (Å²) in [7, 11) is 0. The summed E-state index contributed by atoms with van der Waals surface area (Å²) in [6.45, 7) is 5.00. The number of alkyl halides is 1. The predicted octanol–water partition coefficient (Wildman–Crippen LogP) is 2.07. The minimum Gasteiger partial charge on any atom is -0.342 e. The number of hydrogen-bond acceptors (Lipinski definition) is 3. The maximum absolute atomic E-state index is 12.0. The fourth-order valence-corrected chi connectivity index (χ4v) is 2.45. The van der Waals surface area contributed by atoms with Crippen molar-refractivity contribution >= 4 is 22.8 Å². The van der Waals surface area contributed by atoms with Gasteiger partial charge in [-0.25, -0.2) is 4.39 Å². The number of carbonyl (C=O) groups excluding carboxylic acids is 2. The van der Waals surface area contributed by atoms with Crippen LogP contribution in [0, 0.1) is 11.8 Å². The molecular weight excluding hydrogens is 229 g/mol. The summed E-state index contributed by atoms with van der Waals surface area (Å²) in [5, 5.41) is -0.0702. The Morgan fingerprint density at radius 3 is 2.38 bits per heavy atom. The Bertz CT molecular complexity index is 263. The van der Waals surface area contributed by atoms with Crippen LogP contribution in [0.25, 0.3) is 0 Å². The summed E-state index contributed by atoms with van der Waals surface area (Å²) in [5.41, 5.74) is 0. The van der Waals surface area contributed by atoms with E-state index in [0.717, 1.165) is 11.8 Å². The van der Waals surface area contributed by atoms with E-state index in [9.17, 15) is 14.0 Å². The lowest BCUT2D eigenvalue weighted by Gasteiger charge is -2.32. The van der Waals surface area contributed by atoms with Crippen LogP contribution in [0.5, 0.6) is 0 Å². The van der Waals surface area contributed by atoms with E-state index in [4.69, 9.17) is 0 Å². The number of hydrogen-bond donors (Lipinski definition) is 0. The van der Waals surface area contributed by atoms with Gasteiger partial charge in [-0.05, 0) is 12.8 Å². The summed E-state index contributed by atoms with van der Waals surface area (Å²) >= 11 is 0.745. The van der Waals surface area contributed by atoms with E-state index in [-0.39, 0.29) is 22.9 Å². The van der Waals surface area contributed by atoms with Crippen molar-refractivity contribution in [3.8, 4) is 0 Å². The van der Waals surface area contributed by atoms with Gasteiger partial charge in [0.25, 0.3) is 0 Å². The van der Waals surface area contributed by atoms with Gasteiger partial charge in [0.15, 0.2) is 5.12 Å². The number of likely N-dealkylation sites (tertiary alicyclic amines) is 1. The molecule has 0 bridgehead atoms. The van der Waals surface area contributed by atoms with E-state index in [0.29, 0.717) is 25.9 Å². The van der Waals surface area contributed by atoms with Gasteiger partial charge in [0.2, 0.25) is 5.91 Å². The molecule has 1 fully saturated rings. The SMILES string of the molecule is CC(C)C(=O)N1CCC(C(=O)SCF)CC1. The highest BCUT2D eigenvalue weighted by atomic mass is 32.2. The molecule has 16 heavy (non-hydrogen) atoms. The highest BCUT2D eigenvalue weighted by molar-refractivity contribution is 8.13. The summed E-state index contributed by atoms with van der Waals surface area (Å²) in [5.74, 6) is 0.0773. The number of carbonyl (C=O) groups is 2. The van der Waals surface area contributed by atoms with Crippen molar-refractivity contribution < 1.29 is 14.0 Å². The number of thioether (sulfide) groups is 1. The van der Waals surface area contributed by atoms with Crippen molar-refractivity contribution in [3.63, 3.8) is 0 Å². The lowest BCUT2D eigenvalue weighted by atomic mass is 9.97. The monoisotopic (exact) mass is 247 g/mol. The lowest BCUT2D eigenvalue weighted by Crippen LogP contribution is -2.41. The van der Waals surface area contributed by atoms with Crippen LogP contribution < -0.4 is 0 Å². The first-order chi connectivity index (χ1) is 7.56. The van der Waals surface area contributed by atoms with Crippen LogP contribution >= 0.6 is 11.8 Å². The summed E-state index contributed by atoms with van der Waals surface area (Å²) in [6, 6.07) is -0.649. The molecule has 1 heterocycles. The van der Waals surface area contributed by atoms with E-state index < -0.39 is 6.01 Å². The average Bonchev–Trinajstić information content (AvgIpc) is 2.28. The molecule has 0 aromatic carbocycles. The standard InChI is InChI=1S/C11H18FNO2S/c1-8(2)10(14)13-5-3-9(4-6-13)11(15)16-7-12/h8-9H,3-7H2,1-2H3. The molecule has 0 atom stereocenters. The van der Waals surface area contributed by atoms with Crippen molar-refractivity contribution in [1.82, 2.24) is 4.90 Å². The Hall–Kier alpha value is -0.580. The van der Waals surface area contributed by atoms with E-state index in [2.05, 4.69) is 0 Å². The molecule has 1 amide bonds. The van der Waals surface area contributed by atoms with Gasteiger partial charge in [-0.1, -0.05) is 25.6 Å². The molecule has 92 valence electrons. The first-order valence-electron chi connectivity index (χ1n) is 5.57. The first kappa shape index (κ1) is 13.5. The summed E-state index contributed by atoms with van der Waals surface area (Å²) in [4.78, 5) is 24.9. The maximum Gasteiger partial charge on any atom is 0.225 e. The van der Waals surface area contributed by atoms with E-state index >= 15 is 0 Å². The summed E-state index contributed by atoms with van der Waals surface area (Å²) in [6.07, 6.45) is 1.34. The number of rotatable bonds is 3. The Labute approximate surface area is 99.8 Å². The molecule has 0 aromatic heterocycles. The van der Waals surface area contributed by atoms with Crippen molar-refractivity contribution in [1.29, 1.82) is 0 Å². The van der Waals surface area contributed by atoms with Gasteiger partial charge in [0, 0.05) is 24.9 Å². The maximum atomic E-state index is 12.0. The van der Waals surface area contributed by atoms with E-state index in [1.54, 1.807) is 4.90 Å². The zero-order valence-electron chi connectivity index (χ0n) is 9.74. The fourth-order valence-electron chi connectivity index (χ4n) is 1.87. The van der Waals surface area contributed by atoms with Crippen LogP contribution in [-0.4, -0.2) is 35.0 Å². The van der Waals surface area contributed by atoms with Gasteiger partial charge in [-0.3, -0.25) is 9.59 Å². The van der Waals surface area contributed by atoms with Crippen molar-refractivity contribution in [3.05, 3.63) is 0 Å². The number of amides is 1. The van der Waals surface area contributed by atoms with Crippen LogP contribution in [0.3, 0.4) is 0 Å². The Morgan fingerprint density at radius 1 is 1.38 bits per heavy atom. The van der Waals surface area contributed by atoms with Crippen molar-refractivity contribution in [2.24, 2.45) is 11.8 Å². The number of halogens is 1. The number of nitrogens with zero attached hydrogens (tertiary/aromatic N) is 1. The molecule has 0 spiro atoms. The third kappa shape index (κ3) is 3.47. The van der Waals surface area contributed by atoms with Crippen LogP contribution in [0.15, 0.2) is 0 Å². The quantitative estimate of drug-likeness (QED) is 0.766. The molecule has 1 rings (SSSR count). The topological polar surface area (TPSA) is 37.4 Å². The molecule has 5 heteroatoms. The first-order valence-corrected chi connectivity index (χ1v) is 6.56. The van der Waals surface area contributed by atoms with Gasteiger partial charge >= 0.3 is 0 Å². The van der Waals surface area contributed by atoms with Crippen LogP contribution in [-0.2, 0) is 9.59 Å². The second-order valence-corrected chi connectivity index (χ2v) is 5.24. The number of piperidine rings is 1. The van der Waals surface area contributed by atoms with Gasteiger partial charge in [0.05, 0.1) is 0 Å². The lowest BCUT2D eigenvalue weighted by molar-refractivity contribution is -0.136. The Morgan fingerprint density at radius 2 is 1.94 bits per heavy atom. The van der Waals surface area contributed by atoms with E-state index in [1.165, 1.54) is 0 Å². The molecule has 0 aliphatic carbocycles. The Balaban J connectivity index is 2.39. The molecule has 1 aliphatic rings. The second-order valence-electron chi connectivity index (χ2n) is 4.33. The summed E-state index contributed by atoms with van der Waals surface area (Å²) < 4.78 is 12.0. The van der Waals surface area contributed by atoms with Gasteiger partial charge in [-0.15, -0.1) is 0 Å². The van der Waals surface area contributed by atoms with Gasteiger partial charge in [0.1, 0.15) is 6.01 Å². The molecule has 0 radical (unpaired) electrons. The van der Waals surface area contributed by atoms with Crippen LogP contribution in [0.2, 0.25) is 0 Å². The predicted molar refractivity (Wildman–Crippen MR) is 62.7 cm³/mol. The van der Waals surface area contributed by atoms with E-state index in [1.807, 2.05) is 13.8 Å². The van der Waals surface area contributed by atoms with Crippen molar-refractivity contribution in [2.45, 2.75) is 26.7 Å². The zero-order valence-corrected chi connectivity index (χ0v) is 10.6. The third-order valence-electron chi connectivity index (χ3n) is 2.83. The average molecular weight is 247 g/mol. The smallest absolute Gasteiger partial charge is 0.225 e. The molecule has 0 unspecified atom stereocenters. The molecule has 1 saturated heterocycles. The molecule has 0 saturated carbocycles. The molecule has 3 nitrogen and oxygen atoms in total. The molecule has 0 N–H and O–H groups in total. The second kappa shape index (κ2) is 6.23. The van der Waals surface area contributed by atoms with Crippen LogP contribution in [0.4, 0.5) is 4.39 Å². The highest BCUT2D eigenvalue weighted by Crippen LogP contribution is 2.24. The fraction of sp³-hybridized carbons (Fsp3) is 0.818. The normalized spacial score (nSPS) is 17.9.